The van der Waals surface area contributed by atoms with Crippen molar-refractivity contribution in [2.24, 2.45) is 0 Å². The van der Waals surface area contributed by atoms with E-state index in [4.69, 9.17) is 4.74 Å². The van der Waals surface area contributed by atoms with E-state index in [0.29, 0.717) is 17.2 Å². The summed E-state index contributed by atoms with van der Waals surface area (Å²) in [5.41, 5.74) is 1.56. The summed E-state index contributed by atoms with van der Waals surface area (Å²) in [5.74, 6) is -2.51. The third kappa shape index (κ3) is 3.23. The molecular weight excluding hydrogens is 382 g/mol. The molecule has 2 amide bonds. The second-order valence-corrected chi connectivity index (χ2v) is 6.72. The zero-order chi connectivity index (χ0) is 20.7. The number of nitrogens with one attached hydrogen (secondary N) is 3. The lowest BCUT2D eigenvalue weighted by Gasteiger charge is -2.29. The summed E-state index contributed by atoms with van der Waals surface area (Å²) in [5, 5.41) is 17.4. The number of hydrogen-bond donors (Lipinski definition) is 3. The van der Waals surface area contributed by atoms with E-state index in [0.717, 1.165) is 12.1 Å². The third-order valence-electron chi connectivity index (χ3n) is 4.94. The summed E-state index contributed by atoms with van der Waals surface area (Å²) in [6, 6.07) is 3.50. The lowest BCUT2D eigenvalue weighted by molar-refractivity contribution is -0.123. The van der Waals surface area contributed by atoms with E-state index in [9.17, 15) is 23.6 Å². The molecule has 29 heavy (non-hydrogen) atoms. The van der Waals surface area contributed by atoms with Crippen LogP contribution in [0.15, 0.2) is 46.8 Å². The van der Waals surface area contributed by atoms with Gasteiger partial charge in [0.25, 0.3) is 0 Å². The first-order valence-corrected chi connectivity index (χ1v) is 8.76. The Morgan fingerprint density at radius 3 is 2.97 bits per heavy atom. The minimum atomic E-state index is -0.809. The van der Waals surface area contributed by atoms with Crippen LogP contribution in [0.1, 0.15) is 24.9 Å². The molecule has 0 aliphatic carbocycles. The highest BCUT2D eigenvalue weighted by atomic mass is 19.1. The fourth-order valence-corrected chi connectivity index (χ4v) is 3.61. The SMILES string of the molecule is CC1=C(CC(=O)N[C@H]2COc3cc(F)cc(F)c32)C(=O)N[C]2C=CNC(C#N)=C21. The quantitative estimate of drug-likeness (QED) is 0.722. The molecule has 1 aromatic carbocycles. The lowest BCUT2D eigenvalue weighted by Crippen LogP contribution is -2.40. The molecule has 1 atom stereocenters. The van der Waals surface area contributed by atoms with Gasteiger partial charge in [-0.3, -0.25) is 9.59 Å². The zero-order valence-electron chi connectivity index (χ0n) is 15.2. The number of hydrogen-bond acceptors (Lipinski definition) is 5. The largest absolute Gasteiger partial charge is 0.490 e. The number of amides is 2. The standard InChI is InChI=1S/C20H15F2N4O3/c1-9-11(20(28)26-13-2-3-24-14(7-23)18(9)13)6-17(27)25-15-8-29-16-5-10(21)4-12(22)19(15)16/h2-5,15,24H,6,8H2,1H3,(H,25,27)(H,26,28)/t15-/m0/s1. The van der Waals surface area contributed by atoms with Crippen LogP contribution >= 0.6 is 0 Å². The van der Waals surface area contributed by atoms with E-state index in [-0.39, 0.29) is 35.6 Å². The molecule has 0 fully saturated rings. The first kappa shape index (κ1) is 18.7. The number of benzene rings is 1. The van der Waals surface area contributed by atoms with Crippen molar-refractivity contribution in [3.05, 3.63) is 70.1 Å². The summed E-state index contributed by atoms with van der Waals surface area (Å²) in [6.07, 6.45) is 2.90. The molecule has 0 unspecified atom stereocenters. The molecule has 4 rings (SSSR count). The maximum Gasteiger partial charge on any atom is 0.249 e. The van der Waals surface area contributed by atoms with E-state index >= 15 is 0 Å². The number of dihydropyridines is 1. The number of carbonyl (C=O) groups excluding carboxylic acids is 2. The maximum atomic E-state index is 14.1. The Balaban J connectivity index is 1.56. The minimum absolute atomic E-state index is 0.0396. The number of carbonyl (C=O) groups is 2. The second-order valence-electron chi connectivity index (χ2n) is 6.72. The fraction of sp³-hybridized carbons (Fsp3) is 0.200. The molecule has 3 aliphatic rings. The number of nitrogens with zero attached hydrogens (tertiary/aromatic N) is 1. The van der Waals surface area contributed by atoms with Crippen LogP contribution < -0.4 is 20.7 Å². The Bertz CT molecular complexity index is 1070. The molecule has 3 heterocycles. The normalized spacial score (nSPS) is 20.3. The Morgan fingerprint density at radius 2 is 2.21 bits per heavy atom. The molecule has 147 valence electrons. The smallest absolute Gasteiger partial charge is 0.249 e. The average Bonchev–Trinajstić information content (AvgIpc) is 3.07. The molecule has 7 nitrogen and oxygen atoms in total. The Kier molecular flexibility index (Phi) is 4.54. The van der Waals surface area contributed by atoms with Crippen molar-refractivity contribution in [3.8, 4) is 11.8 Å². The Hall–Kier alpha value is -3.67. The first-order chi connectivity index (χ1) is 13.9. The van der Waals surface area contributed by atoms with Crippen molar-refractivity contribution in [2.45, 2.75) is 19.4 Å². The van der Waals surface area contributed by atoms with Gasteiger partial charge in [0, 0.05) is 29.5 Å². The van der Waals surface area contributed by atoms with E-state index in [1.165, 1.54) is 6.20 Å². The van der Waals surface area contributed by atoms with Crippen LogP contribution in [0, 0.1) is 29.0 Å². The molecule has 3 aliphatic heterocycles. The van der Waals surface area contributed by atoms with Crippen LogP contribution in [0.3, 0.4) is 0 Å². The summed E-state index contributed by atoms with van der Waals surface area (Å²) >= 11 is 0. The van der Waals surface area contributed by atoms with Gasteiger partial charge in [0.15, 0.2) is 0 Å². The highest BCUT2D eigenvalue weighted by Gasteiger charge is 2.35. The van der Waals surface area contributed by atoms with E-state index in [2.05, 4.69) is 16.0 Å². The predicted octanol–water partition coefficient (Wildman–Crippen LogP) is 1.78. The molecule has 0 saturated carbocycles. The molecule has 0 spiro atoms. The molecule has 0 aromatic heterocycles. The monoisotopic (exact) mass is 397 g/mol. The van der Waals surface area contributed by atoms with Gasteiger partial charge in [-0.05, 0) is 18.6 Å². The topological polar surface area (TPSA) is 103 Å². The van der Waals surface area contributed by atoms with Gasteiger partial charge in [0.05, 0.1) is 18.0 Å². The van der Waals surface area contributed by atoms with Crippen LogP contribution in [0.25, 0.3) is 0 Å². The molecule has 0 bridgehead atoms. The highest BCUT2D eigenvalue weighted by molar-refractivity contribution is 6.03. The molecule has 1 aromatic rings. The van der Waals surface area contributed by atoms with Gasteiger partial charge in [0.1, 0.15) is 41.8 Å². The zero-order valence-corrected chi connectivity index (χ0v) is 15.2. The minimum Gasteiger partial charge on any atom is -0.490 e. The van der Waals surface area contributed by atoms with E-state index < -0.39 is 29.5 Å². The number of fused-ring (bicyclic) bond motifs is 2. The summed E-state index contributed by atoms with van der Waals surface area (Å²) in [7, 11) is 0. The number of nitriles is 1. The second kappa shape index (κ2) is 7.05. The van der Waals surface area contributed by atoms with Crippen LogP contribution in [0.5, 0.6) is 5.75 Å². The van der Waals surface area contributed by atoms with Crippen LogP contribution in [0.4, 0.5) is 8.78 Å². The van der Waals surface area contributed by atoms with Gasteiger partial charge in [-0.25, -0.2) is 8.78 Å². The predicted molar refractivity (Wildman–Crippen MR) is 96.4 cm³/mol. The van der Waals surface area contributed by atoms with Crippen molar-refractivity contribution in [1.82, 2.24) is 16.0 Å². The molecular formula is C20H15F2N4O3. The molecule has 3 N–H and O–H groups in total. The fourth-order valence-electron chi connectivity index (χ4n) is 3.61. The number of ether oxygens (including phenoxy) is 1. The van der Waals surface area contributed by atoms with Crippen molar-refractivity contribution >= 4 is 11.8 Å². The van der Waals surface area contributed by atoms with Gasteiger partial charge < -0.3 is 20.7 Å². The van der Waals surface area contributed by atoms with Gasteiger partial charge in [-0.1, -0.05) is 0 Å². The molecule has 1 radical (unpaired) electrons. The summed E-state index contributed by atoms with van der Waals surface area (Å²) < 4.78 is 32.7. The van der Waals surface area contributed by atoms with Crippen molar-refractivity contribution < 1.29 is 23.1 Å². The van der Waals surface area contributed by atoms with Crippen LogP contribution in [-0.4, -0.2) is 18.4 Å². The Morgan fingerprint density at radius 1 is 1.41 bits per heavy atom. The summed E-state index contributed by atoms with van der Waals surface area (Å²) in [4.78, 5) is 25.0. The van der Waals surface area contributed by atoms with Gasteiger partial charge in [-0.15, -0.1) is 0 Å². The number of allylic oxidation sites excluding steroid dienone is 1. The number of halogens is 2. The molecule has 9 heteroatoms. The maximum absolute atomic E-state index is 14.1. The first-order valence-electron chi connectivity index (χ1n) is 8.76. The van der Waals surface area contributed by atoms with Gasteiger partial charge >= 0.3 is 0 Å². The lowest BCUT2D eigenvalue weighted by atomic mass is 9.86. The Labute approximate surface area is 164 Å². The van der Waals surface area contributed by atoms with E-state index in [1.54, 1.807) is 13.0 Å². The van der Waals surface area contributed by atoms with Crippen molar-refractivity contribution in [3.63, 3.8) is 0 Å². The van der Waals surface area contributed by atoms with Crippen LogP contribution in [-0.2, 0) is 9.59 Å². The van der Waals surface area contributed by atoms with Gasteiger partial charge in [-0.2, -0.15) is 5.26 Å². The average molecular weight is 397 g/mol. The van der Waals surface area contributed by atoms with Crippen LogP contribution in [0.2, 0.25) is 0 Å². The third-order valence-corrected chi connectivity index (χ3v) is 4.94. The molecule has 0 saturated heterocycles. The number of rotatable bonds is 3. The van der Waals surface area contributed by atoms with Gasteiger partial charge in [0.2, 0.25) is 11.8 Å². The van der Waals surface area contributed by atoms with Crippen molar-refractivity contribution in [1.29, 1.82) is 5.26 Å². The van der Waals surface area contributed by atoms with Crippen molar-refractivity contribution in [2.75, 3.05) is 6.61 Å². The van der Waals surface area contributed by atoms with E-state index in [1.807, 2.05) is 6.07 Å². The summed E-state index contributed by atoms with van der Waals surface area (Å²) in [6.45, 7) is 1.62. The highest BCUT2D eigenvalue weighted by Crippen LogP contribution is 2.36.